The monoisotopic (exact) mass is 1940 g/mol. The van der Waals surface area contributed by atoms with Gasteiger partial charge in [0.1, 0.15) is 36.0 Å². The lowest BCUT2D eigenvalue weighted by atomic mass is 10.0. The number of rotatable bonds is 10. The molecule has 690 valence electrons. The quantitative estimate of drug-likeness (QED) is 0.0606. The third-order valence-corrected chi connectivity index (χ3v) is 33.8. The first-order valence-electron chi connectivity index (χ1n) is 45.4. The molecule has 139 heavy (non-hydrogen) atoms. The SMILES string of the molecule is CCc1ccc2c(c1)C1(NN=C(c3cccc4ccccc34)S1)C(=O)N2.CCc1ccc2c(c1)C1(NN=C(c3ccccc3)S1)C(=O)N2.CCc1ccc2c(c1)C1(NN=C(c3ccccc3)S1)C(=O)N2.CCc1ccc2c(c1)C1(NN=C(c3ccccc3O)S1)C(=O)N2.CN1C(=O)C2(NN=C(c3cccc4ccccc34)S2)c2ccccc21.CN1C(=O)C2(NN=C(c3ccccc3)S2)c2ccccc21. The molecular formula is C108H90N18O7S6. The van der Waals surface area contributed by atoms with Crippen molar-refractivity contribution in [3.8, 4) is 5.75 Å². The standard InChI is InChI=1S/C21H17N3OS.C20H15N3OS.C17H15N3O2S.2C17H15N3OS.C16H13N3OS/c1-2-13-10-11-18-17(12-13)21(20(25)22-18)24-23-19(26-21)16-9-5-7-14-6-3-4-8-15(14)16;1-23-17-12-5-4-11-16(17)20(19(23)24)22-21-18(25-20)15-10-6-8-13-7-2-3-9-14(13)15;1-2-10-7-8-13-12(9-10)17(16(22)18-13)20-19-15(23-17)11-5-3-4-6-14(11)21;2*1-2-11-8-9-14-13(10-11)17(16(21)18-14)20-19-15(22-17)12-6-4-3-5-7-12;1-19-13-10-6-5-9-12(13)16(15(19)20)18-17-14(21-16)11-7-3-2-4-8-11/h3-12,24H,2H2,1H3,(H,22,25);2-12,22H,1H3;3-9,20-21H,2H2,1H3,(H,18,22);2*3-10,20H,2H2,1H3,(H,18,21);2-10,18H,1H3. The van der Waals surface area contributed by atoms with Gasteiger partial charge in [0.2, 0.25) is 29.2 Å². The second kappa shape index (κ2) is 36.9. The molecule has 6 amide bonds. The van der Waals surface area contributed by atoms with E-state index in [1.807, 2.05) is 225 Å². The van der Waals surface area contributed by atoms with Crippen molar-refractivity contribution in [3.05, 3.63) is 411 Å². The van der Waals surface area contributed by atoms with Crippen LogP contribution < -0.4 is 63.6 Å². The Balaban J connectivity index is 0.0000000994. The summed E-state index contributed by atoms with van der Waals surface area (Å²) in [5.41, 5.74) is 40.1. The van der Waals surface area contributed by atoms with Crippen molar-refractivity contribution in [1.29, 1.82) is 0 Å². The normalized spacial score (nSPS) is 21.9. The number of hydrazone groups is 6. The zero-order valence-corrected chi connectivity index (χ0v) is 80.8. The summed E-state index contributed by atoms with van der Waals surface area (Å²) in [5, 5.41) is 57.9. The van der Waals surface area contributed by atoms with Crippen LogP contribution in [0.1, 0.15) is 117 Å². The number of carbonyl (C=O) groups excluding carboxylic acids is 6. The van der Waals surface area contributed by atoms with Crippen LogP contribution >= 0.6 is 70.6 Å². The number of likely N-dealkylation sites (N-methyl/N-ethyl adjacent to an activating group) is 2. The van der Waals surface area contributed by atoms with E-state index in [1.165, 1.54) is 98.0 Å². The molecule has 0 aromatic heterocycles. The van der Waals surface area contributed by atoms with Crippen LogP contribution in [0.4, 0.5) is 34.1 Å². The average Bonchev–Trinajstić information content (AvgIpc) is 1.58. The van der Waals surface area contributed by atoms with Crippen molar-refractivity contribution >= 4 is 192 Å². The lowest BCUT2D eigenvalue weighted by Gasteiger charge is -2.21. The molecule has 11 N–H and O–H groups in total. The maximum Gasteiger partial charge on any atom is 0.269 e. The molecule has 0 aliphatic carbocycles. The fourth-order valence-electron chi connectivity index (χ4n) is 18.3. The van der Waals surface area contributed by atoms with Crippen molar-refractivity contribution in [2.75, 3.05) is 45.2 Å². The molecule has 0 bridgehead atoms. The van der Waals surface area contributed by atoms with Gasteiger partial charge in [-0.15, -0.1) is 0 Å². The van der Waals surface area contributed by atoms with Gasteiger partial charge in [-0.05, 0) is 142 Å². The zero-order chi connectivity index (χ0) is 95.5. The zero-order valence-electron chi connectivity index (χ0n) is 75.9. The number of anilines is 6. The predicted octanol–water partition coefficient (Wildman–Crippen LogP) is 19.2. The second-order valence-electron chi connectivity index (χ2n) is 34.1. The Hall–Kier alpha value is -14.9. The molecule has 6 unspecified atom stereocenters. The predicted molar refractivity (Wildman–Crippen MR) is 566 cm³/mol. The van der Waals surface area contributed by atoms with Gasteiger partial charge in [-0.1, -0.05) is 347 Å². The number of benzene rings is 14. The molecule has 0 saturated heterocycles. The highest BCUT2D eigenvalue weighted by Gasteiger charge is 2.59. The lowest BCUT2D eigenvalue weighted by molar-refractivity contribution is -0.121. The van der Waals surface area contributed by atoms with E-state index in [9.17, 15) is 33.9 Å². The molecule has 6 spiro atoms. The van der Waals surface area contributed by atoms with Gasteiger partial charge < -0.3 is 36.2 Å². The van der Waals surface area contributed by atoms with E-state index >= 15 is 0 Å². The first kappa shape index (κ1) is 90.6. The van der Waals surface area contributed by atoms with E-state index < -0.39 is 29.2 Å². The summed E-state index contributed by atoms with van der Waals surface area (Å²) in [6.07, 6.45) is 3.71. The summed E-state index contributed by atoms with van der Waals surface area (Å²) in [7, 11) is 3.62. The lowest BCUT2D eigenvalue weighted by Crippen LogP contribution is -2.43. The molecule has 6 atom stereocenters. The van der Waals surface area contributed by atoms with Crippen LogP contribution in [0.2, 0.25) is 0 Å². The summed E-state index contributed by atoms with van der Waals surface area (Å²) in [6, 6.07) is 106. The largest absolute Gasteiger partial charge is 0.507 e. The number of phenolic OH excluding ortho intramolecular Hbond substituents is 1. The minimum atomic E-state index is -0.960. The molecule has 0 radical (unpaired) electrons. The van der Waals surface area contributed by atoms with Gasteiger partial charge in [-0.3, -0.25) is 61.3 Å². The van der Waals surface area contributed by atoms with Crippen molar-refractivity contribution in [2.45, 2.75) is 82.6 Å². The smallest absolute Gasteiger partial charge is 0.269 e. The molecule has 26 rings (SSSR count). The Labute approximate surface area is 826 Å². The number of carbonyl (C=O) groups is 6. The number of fused-ring (bicyclic) bond motifs is 14. The van der Waals surface area contributed by atoms with Crippen LogP contribution in [0.3, 0.4) is 0 Å². The second-order valence-corrected chi connectivity index (χ2v) is 41.3. The molecule has 14 aromatic carbocycles. The summed E-state index contributed by atoms with van der Waals surface area (Å²) in [6.45, 7) is 8.42. The van der Waals surface area contributed by atoms with Gasteiger partial charge in [0, 0.05) is 98.0 Å². The molecular weight excluding hydrogens is 1850 g/mol. The van der Waals surface area contributed by atoms with E-state index in [-0.39, 0.29) is 41.2 Å². The Morgan fingerprint density at radius 3 is 0.871 bits per heavy atom. The van der Waals surface area contributed by atoms with Crippen LogP contribution in [0.5, 0.6) is 5.75 Å². The highest BCUT2D eigenvalue weighted by atomic mass is 32.2. The minimum Gasteiger partial charge on any atom is -0.507 e. The number of hydrogen-bond donors (Lipinski definition) is 11. The van der Waals surface area contributed by atoms with Gasteiger partial charge >= 0.3 is 0 Å². The van der Waals surface area contributed by atoms with Crippen molar-refractivity contribution < 1.29 is 33.9 Å². The summed E-state index contributed by atoms with van der Waals surface area (Å²) < 4.78 is 0. The molecule has 12 aliphatic heterocycles. The Kier molecular flexibility index (Phi) is 24.0. The van der Waals surface area contributed by atoms with Crippen LogP contribution in [0.25, 0.3) is 21.5 Å². The van der Waals surface area contributed by atoms with Crippen LogP contribution in [0.15, 0.2) is 352 Å². The maximum atomic E-state index is 13.0. The number of amides is 6. The number of phenols is 1. The average molecular weight is 1940 g/mol. The van der Waals surface area contributed by atoms with Gasteiger partial charge in [-0.2, -0.15) is 30.6 Å². The minimum absolute atomic E-state index is 0.0117. The Morgan fingerprint density at radius 2 is 0.525 bits per heavy atom. The van der Waals surface area contributed by atoms with Crippen molar-refractivity contribution in [3.63, 3.8) is 0 Å². The van der Waals surface area contributed by atoms with Crippen molar-refractivity contribution in [2.24, 2.45) is 30.6 Å². The molecule has 25 nitrogen and oxygen atoms in total. The van der Waals surface area contributed by atoms with Crippen molar-refractivity contribution in [1.82, 2.24) is 32.6 Å². The van der Waals surface area contributed by atoms with Gasteiger partial charge in [0.05, 0.1) is 16.9 Å². The summed E-state index contributed by atoms with van der Waals surface area (Å²) >= 11 is 8.72. The van der Waals surface area contributed by atoms with E-state index in [4.69, 9.17) is 0 Å². The van der Waals surface area contributed by atoms with Gasteiger partial charge in [0.15, 0.2) is 0 Å². The highest BCUT2D eigenvalue weighted by Crippen LogP contribution is 2.56. The van der Waals surface area contributed by atoms with Gasteiger partial charge in [-0.25, -0.2) is 0 Å². The molecule has 31 heteroatoms. The van der Waals surface area contributed by atoms with E-state index in [2.05, 4.69) is 197 Å². The van der Waals surface area contributed by atoms with Crippen LogP contribution in [0, 0.1) is 0 Å². The number of hydrogen-bond acceptors (Lipinski definition) is 25. The molecule has 0 saturated carbocycles. The number of nitrogens with one attached hydrogen (secondary N) is 10. The number of aromatic hydroxyl groups is 1. The first-order valence-corrected chi connectivity index (χ1v) is 50.3. The Bertz CT molecular complexity index is 7480. The summed E-state index contributed by atoms with van der Waals surface area (Å²) in [5.74, 6) is -0.143. The first-order chi connectivity index (χ1) is 67.7. The van der Waals surface area contributed by atoms with Gasteiger partial charge in [0.25, 0.3) is 35.4 Å². The molecule has 12 aliphatic rings. The Morgan fingerprint density at radius 1 is 0.266 bits per heavy atom. The van der Waals surface area contributed by atoms with Crippen LogP contribution in [-0.4, -0.2) is 84.9 Å². The third kappa shape index (κ3) is 15.8. The van der Waals surface area contributed by atoms with E-state index in [0.29, 0.717) is 10.6 Å². The van der Waals surface area contributed by atoms with E-state index in [1.54, 1.807) is 35.0 Å². The molecule has 0 fully saturated rings. The van der Waals surface area contributed by atoms with E-state index in [0.717, 1.165) is 163 Å². The fourth-order valence-corrected chi connectivity index (χ4v) is 25.5. The molecule has 12 heterocycles. The number of thioether (sulfide) groups is 6. The van der Waals surface area contributed by atoms with Crippen LogP contribution in [-0.2, 0) is 83.7 Å². The number of para-hydroxylation sites is 3. The fraction of sp³-hybridized carbons (Fsp3) is 0.148. The highest BCUT2D eigenvalue weighted by molar-refractivity contribution is 8.17. The third-order valence-electron chi connectivity index (χ3n) is 25.9. The number of nitrogens with zero attached hydrogens (tertiary/aromatic N) is 8. The number of aryl methyl sites for hydroxylation is 4. The maximum absolute atomic E-state index is 13.0. The summed E-state index contributed by atoms with van der Waals surface area (Å²) in [4.78, 5) is 74.5. The topological polar surface area (TPSA) is 324 Å². The molecule has 14 aromatic rings.